The van der Waals surface area contributed by atoms with Gasteiger partial charge in [-0.1, -0.05) is 31.4 Å². The average molecular weight is 389 g/mol. The summed E-state index contributed by atoms with van der Waals surface area (Å²) in [5.41, 5.74) is 4.18. The molecule has 2 fully saturated rings. The predicted molar refractivity (Wildman–Crippen MR) is 118 cm³/mol. The number of amides is 1. The van der Waals surface area contributed by atoms with Crippen LogP contribution < -0.4 is 10.6 Å². The fourth-order valence-electron chi connectivity index (χ4n) is 4.34. The van der Waals surface area contributed by atoms with Crippen LogP contribution in [0.25, 0.3) is 22.2 Å². The molecule has 2 aliphatic rings. The van der Waals surface area contributed by atoms with Gasteiger partial charge >= 0.3 is 0 Å². The summed E-state index contributed by atoms with van der Waals surface area (Å²) in [6.07, 6.45) is 10.7. The Balaban J connectivity index is 1.35. The highest BCUT2D eigenvalue weighted by Crippen LogP contribution is 2.33. The number of rotatable bonds is 6. The Kier molecular flexibility index (Phi) is 4.96. The van der Waals surface area contributed by atoms with Crippen LogP contribution >= 0.6 is 0 Å². The van der Waals surface area contributed by atoms with E-state index in [9.17, 15) is 4.79 Å². The number of benzene rings is 1. The van der Waals surface area contributed by atoms with Crippen LogP contribution in [0.5, 0.6) is 0 Å². The Hall–Kier alpha value is -2.82. The van der Waals surface area contributed by atoms with Crippen LogP contribution in [0.2, 0.25) is 0 Å². The van der Waals surface area contributed by atoms with Crippen LogP contribution in [0, 0.1) is 11.8 Å². The molecule has 5 rings (SSSR count). The van der Waals surface area contributed by atoms with Crippen LogP contribution in [0.3, 0.4) is 0 Å². The Morgan fingerprint density at radius 3 is 2.59 bits per heavy atom. The fraction of sp³-hybridized carbons (Fsp3) is 0.417. The van der Waals surface area contributed by atoms with Gasteiger partial charge in [-0.05, 0) is 67.0 Å². The topological polar surface area (TPSA) is 69.8 Å². The SMILES string of the molecule is O=C(Nc1cc(-c2ccc(NCC3CCCCC3)cc2)c2cc[nH]c2n1)C1CC1. The molecule has 0 aliphatic heterocycles. The third kappa shape index (κ3) is 4.14. The number of nitrogens with zero attached hydrogens (tertiary/aromatic N) is 1. The van der Waals surface area contributed by atoms with Gasteiger partial charge in [0.05, 0.1) is 0 Å². The van der Waals surface area contributed by atoms with E-state index in [4.69, 9.17) is 0 Å². The zero-order valence-electron chi connectivity index (χ0n) is 16.7. The number of H-pyrrole nitrogens is 1. The predicted octanol–water partition coefficient (Wildman–Crippen LogP) is 5.57. The van der Waals surface area contributed by atoms with Crippen molar-refractivity contribution in [2.75, 3.05) is 17.2 Å². The average Bonchev–Trinajstić information content (AvgIpc) is 3.51. The molecule has 0 spiro atoms. The third-order valence-corrected chi connectivity index (χ3v) is 6.24. The molecule has 3 aromatic rings. The lowest BCUT2D eigenvalue weighted by atomic mass is 9.89. The molecule has 5 heteroatoms. The fourth-order valence-corrected chi connectivity index (χ4v) is 4.34. The maximum Gasteiger partial charge on any atom is 0.228 e. The lowest BCUT2D eigenvalue weighted by Crippen LogP contribution is -2.16. The Labute approximate surface area is 171 Å². The van der Waals surface area contributed by atoms with E-state index in [-0.39, 0.29) is 11.8 Å². The van der Waals surface area contributed by atoms with Crippen LogP contribution in [0.1, 0.15) is 44.9 Å². The summed E-state index contributed by atoms with van der Waals surface area (Å²) in [7, 11) is 0. The Morgan fingerprint density at radius 1 is 1.03 bits per heavy atom. The number of aromatic nitrogens is 2. The maximum atomic E-state index is 12.2. The number of carbonyl (C=O) groups excluding carboxylic acids is 1. The first-order valence-electron chi connectivity index (χ1n) is 10.9. The summed E-state index contributed by atoms with van der Waals surface area (Å²) in [4.78, 5) is 19.9. The first-order valence-corrected chi connectivity index (χ1v) is 10.9. The highest BCUT2D eigenvalue weighted by atomic mass is 16.2. The molecule has 29 heavy (non-hydrogen) atoms. The molecule has 2 aromatic heterocycles. The minimum Gasteiger partial charge on any atom is -0.385 e. The second-order valence-corrected chi connectivity index (χ2v) is 8.52. The normalized spacial score (nSPS) is 17.4. The summed E-state index contributed by atoms with van der Waals surface area (Å²) < 4.78 is 0. The Morgan fingerprint density at radius 2 is 1.83 bits per heavy atom. The standard InChI is InChI=1S/C24H28N4O/c29-24(18-6-7-18)28-22-14-21(20-12-13-25-23(20)27-22)17-8-10-19(11-9-17)26-15-16-4-2-1-3-5-16/h8-14,16,18,26H,1-7,15H2,(H2,25,27,28,29). The summed E-state index contributed by atoms with van der Waals surface area (Å²) >= 11 is 0. The van der Waals surface area contributed by atoms with E-state index in [1.54, 1.807) is 0 Å². The molecule has 0 saturated heterocycles. The quantitative estimate of drug-likeness (QED) is 0.517. The molecule has 3 N–H and O–H groups in total. The van der Waals surface area contributed by atoms with Gasteiger partial charge in [-0.2, -0.15) is 0 Å². The number of anilines is 2. The van der Waals surface area contributed by atoms with E-state index in [0.717, 1.165) is 47.5 Å². The summed E-state index contributed by atoms with van der Waals surface area (Å²) in [6.45, 7) is 1.06. The second kappa shape index (κ2) is 7.90. The number of nitrogens with one attached hydrogen (secondary N) is 3. The number of hydrogen-bond acceptors (Lipinski definition) is 3. The van der Waals surface area contributed by atoms with Crippen molar-refractivity contribution in [1.29, 1.82) is 0 Å². The third-order valence-electron chi connectivity index (χ3n) is 6.24. The highest BCUT2D eigenvalue weighted by Gasteiger charge is 2.30. The summed E-state index contributed by atoms with van der Waals surface area (Å²) in [5, 5.41) is 7.66. The zero-order chi connectivity index (χ0) is 19.6. The highest BCUT2D eigenvalue weighted by molar-refractivity contribution is 5.99. The van der Waals surface area contributed by atoms with Crippen molar-refractivity contribution in [2.24, 2.45) is 11.8 Å². The van der Waals surface area contributed by atoms with E-state index in [1.165, 1.54) is 37.8 Å². The van der Waals surface area contributed by atoms with Gasteiger partial charge in [0, 0.05) is 29.7 Å². The molecular formula is C24H28N4O. The zero-order valence-corrected chi connectivity index (χ0v) is 16.7. The van der Waals surface area contributed by atoms with Crippen molar-refractivity contribution in [3.8, 4) is 11.1 Å². The molecule has 2 heterocycles. The van der Waals surface area contributed by atoms with E-state index in [0.29, 0.717) is 5.82 Å². The largest absolute Gasteiger partial charge is 0.385 e. The lowest BCUT2D eigenvalue weighted by Gasteiger charge is -2.22. The molecule has 2 aliphatic carbocycles. The van der Waals surface area contributed by atoms with Gasteiger partial charge < -0.3 is 15.6 Å². The molecule has 1 amide bonds. The first kappa shape index (κ1) is 18.2. The maximum absolute atomic E-state index is 12.2. The number of hydrogen-bond donors (Lipinski definition) is 3. The molecule has 0 radical (unpaired) electrons. The van der Waals surface area contributed by atoms with E-state index >= 15 is 0 Å². The van der Waals surface area contributed by atoms with Crippen molar-refractivity contribution < 1.29 is 4.79 Å². The Bertz CT molecular complexity index is 997. The summed E-state index contributed by atoms with van der Waals surface area (Å²) in [5.74, 6) is 1.66. The van der Waals surface area contributed by atoms with Crippen molar-refractivity contribution in [3.05, 3.63) is 42.6 Å². The molecule has 1 aromatic carbocycles. The van der Waals surface area contributed by atoms with E-state index in [1.807, 2.05) is 18.3 Å². The van der Waals surface area contributed by atoms with Gasteiger partial charge in [0.25, 0.3) is 0 Å². The molecule has 2 saturated carbocycles. The van der Waals surface area contributed by atoms with Crippen molar-refractivity contribution in [3.63, 3.8) is 0 Å². The molecule has 0 unspecified atom stereocenters. The van der Waals surface area contributed by atoms with E-state index < -0.39 is 0 Å². The monoisotopic (exact) mass is 388 g/mol. The molecule has 5 nitrogen and oxygen atoms in total. The second-order valence-electron chi connectivity index (χ2n) is 8.52. The minimum atomic E-state index is 0.0802. The molecular weight excluding hydrogens is 360 g/mol. The van der Waals surface area contributed by atoms with Gasteiger partial charge in [-0.15, -0.1) is 0 Å². The molecule has 0 atom stereocenters. The molecule has 0 bridgehead atoms. The smallest absolute Gasteiger partial charge is 0.228 e. The van der Waals surface area contributed by atoms with Crippen LogP contribution in [0.4, 0.5) is 11.5 Å². The van der Waals surface area contributed by atoms with Crippen molar-refractivity contribution >= 4 is 28.4 Å². The van der Waals surface area contributed by atoms with Gasteiger partial charge in [0.1, 0.15) is 11.5 Å². The van der Waals surface area contributed by atoms with Crippen LogP contribution in [0.15, 0.2) is 42.6 Å². The van der Waals surface area contributed by atoms with Gasteiger partial charge in [0.2, 0.25) is 5.91 Å². The number of fused-ring (bicyclic) bond motifs is 1. The van der Waals surface area contributed by atoms with Crippen molar-refractivity contribution in [2.45, 2.75) is 44.9 Å². The lowest BCUT2D eigenvalue weighted by molar-refractivity contribution is -0.117. The van der Waals surface area contributed by atoms with Gasteiger partial charge in [-0.25, -0.2) is 4.98 Å². The number of aromatic amines is 1. The van der Waals surface area contributed by atoms with E-state index in [2.05, 4.69) is 44.9 Å². The van der Waals surface area contributed by atoms with Crippen molar-refractivity contribution in [1.82, 2.24) is 9.97 Å². The number of pyridine rings is 1. The minimum absolute atomic E-state index is 0.0802. The first-order chi connectivity index (χ1) is 14.3. The number of carbonyl (C=O) groups is 1. The van der Waals surface area contributed by atoms with Gasteiger partial charge in [-0.3, -0.25) is 4.79 Å². The summed E-state index contributed by atoms with van der Waals surface area (Å²) in [6, 6.07) is 12.6. The van der Waals surface area contributed by atoms with Crippen LogP contribution in [-0.2, 0) is 4.79 Å². The molecule has 150 valence electrons. The van der Waals surface area contributed by atoms with Crippen LogP contribution in [-0.4, -0.2) is 22.4 Å². The van der Waals surface area contributed by atoms with Gasteiger partial charge in [0.15, 0.2) is 0 Å².